The van der Waals surface area contributed by atoms with Gasteiger partial charge in [0.05, 0.1) is 17.2 Å². The molecule has 0 heterocycles. The fourth-order valence-electron chi connectivity index (χ4n) is 2.72. The van der Waals surface area contributed by atoms with Gasteiger partial charge in [0.25, 0.3) is 0 Å². The molecule has 2 unspecified atom stereocenters. The maximum Gasteiger partial charge on any atom is 0.244 e. The largest absolute Gasteiger partial charge is 0.324 e. The summed E-state index contributed by atoms with van der Waals surface area (Å²) in [6.45, 7) is 2.13. The van der Waals surface area contributed by atoms with Gasteiger partial charge >= 0.3 is 0 Å². The van der Waals surface area contributed by atoms with Gasteiger partial charge in [-0.1, -0.05) is 25.8 Å². The Hall–Kier alpha value is -1.86. The first-order valence-corrected chi connectivity index (χ1v) is 6.64. The van der Waals surface area contributed by atoms with Crippen molar-refractivity contribution in [2.75, 3.05) is 5.32 Å². The lowest BCUT2D eigenvalue weighted by atomic mass is 9.76. The van der Waals surface area contributed by atoms with E-state index in [-0.39, 0.29) is 5.91 Å². The number of amides is 1. The quantitative estimate of drug-likeness (QED) is 0.853. The highest BCUT2D eigenvalue weighted by atomic mass is 16.2. The number of rotatable bonds is 2. The van der Waals surface area contributed by atoms with E-state index in [0.717, 1.165) is 25.7 Å². The number of carbonyl (C=O) groups is 1. The van der Waals surface area contributed by atoms with Crippen LogP contribution in [0.2, 0.25) is 0 Å². The molecule has 0 aromatic heterocycles. The highest BCUT2D eigenvalue weighted by Gasteiger charge is 2.37. The number of nitrogens with two attached hydrogens (primary N) is 1. The maximum atomic E-state index is 12.3. The summed E-state index contributed by atoms with van der Waals surface area (Å²) < 4.78 is 0. The van der Waals surface area contributed by atoms with Gasteiger partial charge in [0.2, 0.25) is 5.91 Å². The average molecular weight is 257 g/mol. The van der Waals surface area contributed by atoms with Gasteiger partial charge in [-0.05, 0) is 37.0 Å². The van der Waals surface area contributed by atoms with Crippen LogP contribution in [0, 0.1) is 17.2 Å². The molecule has 0 radical (unpaired) electrons. The normalized spacial score (nSPS) is 26.5. The van der Waals surface area contributed by atoms with Crippen LogP contribution in [0.25, 0.3) is 0 Å². The van der Waals surface area contributed by atoms with Crippen LogP contribution in [0.5, 0.6) is 0 Å². The van der Waals surface area contributed by atoms with Crippen LogP contribution in [0.4, 0.5) is 5.69 Å². The molecule has 1 aliphatic rings. The lowest BCUT2D eigenvalue weighted by Crippen LogP contribution is -2.53. The number of nitrogens with zero attached hydrogens (tertiary/aromatic N) is 1. The van der Waals surface area contributed by atoms with Gasteiger partial charge in [-0.15, -0.1) is 0 Å². The van der Waals surface area contributed by atoms with Gasteiger partial charge in [-0.3, -0.25) is 4.79 Å². The van der Waals surface area contributed by atoms with Crippen LogP contribution in [0.15, 0.2) is 24.3 Å². The first-order chi connectivity index (χ1) is 9.03. The number of nitrogens with one attached hydrogen (secondary N) is 1. The minimum absolute atomic E-state index is 0.144. The van der Waals surface area contributed by atoms with Crippen LogP contribution in [0.3, 0.4) is 0 Å². The number of hydrogen-bond donors (Lipinski definition) is 2. The van der Waals surface area contributed by atoms with E-state index in [4.69, 9.17) is 11.0 Å². The molecule has 0 spiro atoms. The molecule has 2 rings (SSSR count). The van der Waals surface area contributed by atoms with E-state index in [1.807, 2.05) is 0 Å². The molecule has 3 N–H and O–H groups in total. The summed E-state index contributed by atoms with van der Waals surface area (Å²) >= 11 is 0. The molecule has 1 aliphatic carbocycles. The molecule has 1 aromatic carbocycles. The van der Waals surface area contributed by atoms with E-state index in [0.29, 0.717) is 17.2 Å². The Morgan fingerprint density at radius 3 is 3.05 bits per heavy atom. The monoisotopic (exact) mass is 257 g/mol. The molecule has 0 bridgehead atoms. The van der Waals surface area contributed by atoms with Gasteiger partial charge in [-0.2, -0.15) is 5.26 Å². The van der Waals surface area contributed by atoms with E-state index in [2.05, 4.69) is 18.3 Å². The summed E-state index contributed by atoms with van der Waals surface area (Å²) in [6, 6.07) is 8.94. The minimum atomic E-state index is -0.777. The summed E-state index contributed by atoms with van der Waals surface area (Å²) in [5.74, 6) is 0.337. The average Bonchev–Trinajstić information content (AvgIpc) is 2.38. The Kier molecular flexibility index (Phi) is 3.87. The number of carbonyl (C=O) groups excluding carboxylic acids is 1. The van der Waals surface area contributed by atoms with Crippen molar-refractivity contribution in [3.05, 3.63) is 29.8 Å². The van der Waals surface area contributed by atoms with Crippen molar-refractivity contribution in [3.63, 3.8) is 0 Å². The molecule has 1 aromatic rings. The Morgan fingerprint density at radius 2 is 2.37 bits per heavy atom. The zero-order valence-electron chi connectivity index (χ0n) is 11.1. The standard InChI is InChI=1S/C15H19N3O/c1-11-4-3-7-15(17,9-11)14(19)18-13-6-2-5-12(8-13)10-16/h2,5-6,8,11H,3-4,7,9,17H2,1H3,(H,18,19). The van der Waals surface area contributed by atoms with E-state index in [1.165, 1.54) is 0 Å². The highest BCUT2D eigenvalue weighted by Crippen LogP contribution is 2.31. The minimum Gasteiger partial charge on any atom is -0.324 e. The lowest BCUT2D eigenvalue weighted by molar-refractivity contribution is -0.122. The van der Waals surface area contributed by atoms with Crippen molar-refractivity contribution in [1.29, 1.82) is 5.26 Å². The number of nitriles is 1. The van der Waals surface area contributed by atoms with Crippen LogP contribution in [-0.4, -0.2) is 11.4 Å². The second kappa shape index (κ2) is 5.41. The molecule has 1 amide bonds. The number of anilines is 1. The summed E-state index contributed by atoms with van der Waals surface area (Å²) in [6.07, 6.45) is 3.57. The third kappa shape index (κ3) is 3.12. The predicted octanol–water partition coefficient (Wildman–Crippen LogP) is 2.40. The van der Waals surface area contributed by atoms with Crippen molar-refractivity contribution in [1.82, 2.24) is 0 Å². The first-order valence-electron chi connectivity index (χ1n) is 6.64. The summed E-state index contributed by atoms with van der Waals surface area (Å²) in [4.78, 5) is 12.3. The SMILES string of the molecule is CC1CCCC(N)(C(=O)Nc2cccc(C#N)c2)C1. The van der Waals surface area contributed by atoms with Crippen LogP contribution < -0.4 is 11.1 Å². The molecule has 4 heteroatoms. The van der Waals surface area contributed by atoms with Crippen molar-refractivity contribution < 1.29 is 4.79 Å². The van der Waals surface area contributed by atoms with Crippen LogP contribution in [0.1, 0.15) is 38.2 Å². The Labute approximate surface area is 113 Å². The summed E-state index contributed by atoms with van der Waals surface area (Å²) in [5, 5.41) is 11.7. The predicted molar refractivity (Wildman–Crippen MR) is 74.3 cm³/mol. The second-order valence-electron chi connectivity index (χ2n) is 5.50. The molecular formula is C15H19N3O. The van der Waals surface area contributed by atoms with Crippen LogP contribution in [-0.2, 0) is 4.79 Å². The molecular weight excluding hydrogens is 238 g/mol. The third-order valence-electron chi connectivity index (χ3n) is 3.73. The van der Waals surface area contributed by atoms with Gasteiger partial charge in [0.15, 0.2) is 0 Å². The topological polar surface area (TPSA) is 78.9 Å². The van der Waals surface area contributed by atoms with E-state index < -0.39 is 5.54 Å². The molecule has 19 heavy (non-hydrogen) atoms. The van der Waals surface area contributed by atoms with Gasteiger partial charge in [0, 0.05) is 5.69 Å². The van der Waals surface area contributed by atoms with E-state index in [9.17, 15) is 4.79 Å². The second-order valence-corrected chi connectivity index (χ2v) is 5.50. The summed E-state index contributed by atoms with van der Waals surface area (Å²) in [5.41, 5.74) is 6.62. The van der Waals surface area contributed by atoms with Crippen molar-refractivity contribution in [2.24, 2.45) is 11.7 Å². The zero-order chi connectivity index (χ0) is 13.9. The van der Waals surface area contributed by atoms with Gasteiger partial charge < -0.3 is 11.1 Å². The zero-order valence-corrected chi connectivity index (χ0v) is 11.1. The van der Waals surface area contributed by atoms with E-state index in [1.54, 1.807) is 24.3 Å². The third-order valence-corrected chi connectivity index (χ3v) is 3.73. The van der Waals surface area contributed by atoms with Crippen molar-refractivity contribution in [2.45, 2.75) is 38.1 Å². The van der Waals surface area contributed by atoms with Crippen LogP contribution >= 0.6 is 0 Å². The van der Waals surface area contributed by atoms with Crippen molar-refractivity contribution >= 4 is 11.6 Å². The first kappa shape index (κ1) is 13.6. The fraction of sp³-hybridized carbons (Fsp3) is 0.467. The maximum absolute atomic E-state index is 12.3. The summed E-state index contributed by atoms with van der Waals surface area (Å²) in [7, 11) is 0. The Bertz CT molecular complexity index is 520. The molecule has 0 aliphatic heterocycles. The molecule has 2 atom stereocenters. The molecule has 4 nitrogen and oxygen atoms in total. The fourth-order valence-corrected chi connectivity index (χ4v) is 2.72. The highest BCUT2D eigenvalue weighted by molar-refractivity contribution is 5.98. The molecule has 1 fully saturated rings. The van der Waals surface area contributed by atoms with E-state index >= 15 is 0 Å². The van der Waals surface area contributed by atoms with Gasteiger partial charge in [-0.25, -0.2) is 0 Å². The molecule has 1 saturated carbocycles. The Balaban J connectivity index is 2.10. The Morgan fingerprint density at radius 1 is 1.58 bits per heavy atom. The van der Waals surface area contributed by atoms with Crippen molar-refractivity contribution in [3.8, 4) is 6.07 Å². The van der Waals surface area contributed by atoms with Gasteiger partial charge in [0.1, 0.15) is 0 Å². The lowest BCUT2D eigenvalue weighted by Gasteiger charge is -2.35. The number of hydrogen-bond acceptors (Lipinski definition) is 3. The smallest absolute Gasteiger partial charge is 0.244 e. The molecule has 0 saturated heterocycles. The number of benzene rings is 1. The molecule has 100 valence electrons.